The predicted molar refractivity (Wildman–Crippen MR) is 115 cm³/mol. The molecule has 2 atom stereocenters. The van der Waals surface area contributed by atoms with E-state index in [0.717, 1.165) is 5.56 Å². The van der Waals surface area contributed by atoms with Gasteiger partial charge in [-0.05, 0) is 36.6 Å². The Kier molecular flexibility index (Phi) is 6.96. The molecule has 0 unspecified atom stereocenters. The number of nitrogens with zero attached hydrogens (tertiary/aromatic N) is 4. The molecule has 0 saturated carbocycles. The van der Waals surface area contributed by atoms with Gasteiger partial charge in [-0.2, -0.15) is 0 Å². The fourth-order valence-electron chi connectivity index (χ4n) is 4.36. The first-order valence-corrected chi connectivity index (χ1v) is 10.8. The van der Waals surface area contributed by atoms with E-state index < -0.39 is 6.10 Å². The van der Waals surface area contributed by atoms with Gasteiger partial charge in [-0.15, -0.1) is 0 Å². The Morgan fingerprint density at radius 2 is 1.84 bits per heavy atom. The minimum Gasteiger partial charge on any atom is -0.481 e. The highest BCUT2D eigenvalue weighted by Gasteiger charge is 2.52. The summed E-state index contributed by atoms with van der Waals surface area (Å²) in [6.45, 7) is 1.97. The molecule has 32 heavy (non-hydrogen) atoms. The fraction of sp³-hybridized carbons (Fsp3) is 0.478. The number of likely N-dealkylation sites (tertiary alicyclic amines) is 2. The van der Waals surface area contributed by atoms with Crippen LogP contribution in [0.15, 0.2) is 42.9 Å². The van der Waals surface area contributed by atoms with Crippen molar-refractivity contribution < 1.29 is 23.8 Å². The van der Waals surface area contributed by atoms with Gasteiger partial charge in [-0.25, -0.2) is 4.98 Å². The van der Waals surface area contributed by atoms with Crippen molar-refractivity contribution in [2.75, 3.05) is 40.5 Å². The molecule has 0 bridgehead atoms. The summed E-state index contributed by atoms with van der Waals surface area (Å²) in [6.07, 6.45) is 5.91. The topological polar surface area (TPSA) is 94.1 Å². The Balaban J connectivity index is 1.41. The summed E-state index contributed by atoms with van der Waals surface area (Å²) in [6, 6.07) is 7.15. The molecule has 2 aromatic heterocycles. The Morgan fingerprint density at radius 3 is 2.47 bits per heavy atom. The molecule has 0 aromatic carbocycles. The predicted octanol–water partition coefficient (Wildman–Crippen LogP) is 1.70. The van der Waals surface area contributed by atoms with Crippen molar-refractivity contribution in [2.24, 2.45) is 0 Å². The number of rotatable bonds is 8. The van der Waals surface area contributed by atoms with E-state index in [2.05, 4.69) is 9.97 Å². The maximum Gasteiger partial charge on any atom is 0.255 e. The summed E-state index contributed by atoms with van der Waals surface area (Å²) in [5, 5.41) is 0. The number of methoxy groups -OCH3 is 2. The van der Waals surface area contributed by atoms with Gasteiger partial charge < -0.3 is 24.0 Å². The molecule has 0 aliphatic carbocycles. The van der Waals surface area contributed by atoms with Crippen molar-refractivity contribution in [2.45, 2.75) is 31.0 Å². The van der Waals surface area contributed by atoms with E-state index >= 15 is 0 Å². The monoisotopic (exact) mass is 440 g/mol. The fourth-order valence-corrected chi connectivity index (χ4v) is 4.36. The first kappa shape index (κ1) is 22.2. The molecule has 2 fully saturated rings. The van der Waals surface area contributed by atoms with Crippen molar-refractivity contribution in [1.82, 2.24) is 19.8 Å². The quantitative estimate of drug-likeness (QED) is 0.456. The first-order valence-electron chi connectivity index (χ1n) is 10.8. The van der Waals surface area contributed by atoms with Gasteiger partial charge in [-0.1, -0.05) is 0 Å². The standard InChI is InChI=1S/C23H28N4O5/c1-30-13-14-32-21-20(16-5-9-24-10-6-16)27(23(21)29)18-7-11-26(12-8-18)22(28)17-3-4-19(31-2)25-15-17/h3-6,9-10,15,18,20-21H,7-8,11-14H2,1-2H3/t20-,21+/m0/s1. The van der Waals surface area contributed by atoms with Crippen molar-refractivity contribution in [1.29, 1.82) is 0 Å². The largest absolute Gasteiger partial charge is 0.481 e. The van der Waals surface area contributed by atoms with E-state index in [-0.39, 0.29) is 23.9 Å². The number of piperidine rings is 1. The molecular weight excluding hydrogens is 412 g/mol. The Morgan fingerprint density at radius 1 is 1.09 bits per heavy atom. The van der Waals surface area contributed by atoms with Crippen LogP contribution in [-0.4, -0.2) is 84.3 Å². The zero-order chi connectivity index (χ0) is 22.5. The zero-order valence-electron chi connectivity index (χ0n) is 18.3. The van der Waals surface area contributed by atoms with Crippen molar-refractivity contribution >= 4 is 11.8 Å². The average molecular weight is 441 g/mol. The smallest absolute Gasteiger partial charge is 0.255 e. The summed E-state index contributed by atoms with van der Waals surface area (Å²) in [5.41, 5.74) is 1.54. The van der Waals surface area contributed by atoms with E-state index in [1.54, 1.807) is 31.6 Å². The van der Waals surface area contributed by atoms with Gasteiger partial charge in [0.25, 0.3) is 11.8 Å². The van der Waals surface area contributed by atoms with Crippen LogP contribution in [0.4, 0.5) is 0 Å². The van der Waals surface area contributed by atoms with Gasteiger partial charge in [0.1, 0.15) is 0 Å². The van der Waals surface area contributed by atoms with Crippen LogP contribution < -0.4 is 4.74 Å². The van der Waals surface area contributed by atoms with Crippen LogP contribution in [0, 0.1) is 0 Å². The summed E-state index contributed by atoms with van der Waals surface area (Å²) in [7, 11) is 3.15. The first-order chi connectivity index (χ1) is 15.6. The summed E-state index contributed by atoms with van der Waals surface area (Å²) in [5.74, 6) is 0.410. The second-order valence-corrected chi connectivity index (χ2v) is 7.87. The number of hydrogen-bond acceptors (Lipinski definition) is 7. The summed E-state index contributed by atoms with van der Waals surface area (Å²) >= 11 is 0. The van der Waals surface area contributed by atoms with Gasteiger partial charge in [-0.3, -0.25) is 14.6 Å². The maximum atomic E-state index is 13.0. The number of hydrogen-bond donors (Lipinski definition) is 0. The molecule has 2 amide bonds. The number of amides is 2. The van der Waals surface area contributed by atoms with Crippen LogP contribution in [0.1, 0.15) is 34.8 Å². The van der Waals surface area contributed by atoms with Crippen LogP contribution >= 0.6 is 0 Å². The summed E-state index contributed by atoms with van der Waals surface area (Å²) < 4.78 is 15.9. The number of aromatic nitrogens is 2. The lowest BCUT2D eigenvalue weighted by atomic mass is 9.86. The molecule has 2 aliphatic rings. The van der Waals surface area contributed by atoms with E-state index in [1.165, 1.54) is 13.3 Å². The van der Waals surface area contributed by atoms with Gasteiger partial charge in [0.15, 0.2) is 6.10 Å². The molecule has 0 spiro atoms. The molecule has 2 aromatic rings. The van der Waals surface area contributed by atoms with Crippen molar-refractivity contribution in [3.05, 3.63) is 54.0 Å². The highest BCUT2D eigenvalue weighted by atomic mass is 16.5. The zero-order valence-corrected chi connectivity index (χ0v) is 18.3. The molecule has 2 saturated heterocycles. The molecule has 9 heteroatoms. The number of carbonyl (C=O) groups excluding carboxylic acids is 2. The second-order valence-electron chi connectivity index (χ2n) is 7.87. The van der Waals surface area contributed by atoms with Gasteiger partial charge in [0.2, 0.25) is 5.88 Å². The lowest BCUT2D eigenvalue weighted by molar-refractivity contribution is -0.183. The third-order valence-electron chi connectivity index (χ3n) is 6.05. The average Bonchev–Trinajstić information content (AvgIpc) is 2.85. The molecular formula is C23H28N4O5. The third kappa shape index (κ3) is 4.44. The van der Waals surface area contributed by atoms with Crippen molar-refractivity contribution in [3.63, 3.8) is 0 Å². The molecule has 4 rings (SSSR count). The van der Waals surface area contributed by atoms with Gasteiger partial charge in [0.05, 0.1) is 31.9 Å². The van der Waals surface area contributed by atoms with E-state index in [9.17, 15) is 9.59 Å². The normalized spacial score (nSPS) is 21.4. The van der Waals surface area contributed by atoms with Crippen molar-refractivity contribution in [3.8, 4) is 5.88 Å². The lowest BCUT2D eigenvalue weighted by Gasteiger charge is -2.52. The van der Waals surface area contributed by atoms with Crippen LogP contribution in [0.2, 0.25) is 0 Å². The van der Waals surface area contributed by atoms with Crippen LogP contribution in [-0.2, 0) is 14.3 Å². The highest BCUT2D eigenvalue weighted by Crippen LogP contribution is 2.40. The van der Waals surface area contributed by atoms with E-state index in [1.807, 2.05) is 21.9 Å². The maximum absolute atomic E-state index is 13.0. The number of pyridine rings is 2. The molecule has 170 valence electrons. The lowest BCUT2D eigenvalue weighted by Crippen LogP contribution is -2.65. The van der Waals surface area contributed by atoms with Crippen LogP contribution in [0.25, 0.3) is 0 Å². The number of β-lactam (4-membered cyclic amide) rings is 1. The number of carbonyl (C=O) groups is 2. The molecule has 2 aliphatic heterocycles. The Labute approximate surface area is 187 Å². The van der Waals surface area contributed by atoms with Gasteiger partial charge in [0, 0.05) is 50.9 Å². The van der Waals surface area contributed by atoms with Gasteiger partial charge >= 0.3 is 0 Å². The third-order valence-corrected chi connectivity index (χ3v) is 6.05. The minimum atomic E-state index is -0.516. The Hall–Kier alpha value is -3.04. The highest BCUT2D eigenvalue weighted by molar-refractivity contribution is 5.94. The van der Waals surface area contributed by atoms with E-state index in [4.69, 9.17) is 14.2 Å². The SMILES string of the molecule is COCCO[C@H]1C(=O)N(C2CCN(C(=O)c3ccc(OC)nc3)CC2)[C@H]1c1ccncc1. The molecule has 4 heterocycles. The summed E-state index contributed by atoms with van der Waals surface area (Å²) in [4.78, 5) is 37.8. The van der Waals surface area contributed by atoms with Crippen LogP contribution in [0.3, 0.4) is 0 Å². The number of ether oxygens (including phenoxy) is 3. The molecule has 0 N–H and O–H groups in total. The van der Waals surface area contributed by atoms with E-state index in [0.29, 0.717) is 50.6 Å². The Bertz CT molecular complexity index is 916. The second kappa shape index (κ2) is 10.1. The molecule has 0 radical (unpaired) electrons. The van der Waals surface area contributed by atoms with Crippen LogP contribution in [0.5, 0.6) is 5.88 Å². The minimum absolute atomic E-state index is 0.00736. The molecule has 9 nitrogen and oxygen atoms in total.